The molecule has 0 bridgehead atoms. The zero-order valence-electron chi connectivity index (χ0n) is 13.5. The molecule has 0 fully saturated rings. The van der Waals surface area contributed by atoms with E-state index in [1.165, 1.54) is 0 Å². The van der Waals surface area contributed by atoms with Crippen molar-refractivity contribution in [3.8, 4) is 0 Å². The molecule has 3 rings (SSSR count). The van der Waals surface area contributed by atoms with Crippen LogP contribution in [-0.2, 0) is 6.42 Å². The zero-order valence-corrected chi connectivity index (χ0v) is 13.5. The van der Waals surface area contributed by atoms with E-state index in [2.05, 4.69) is 26.2 Å². The van der Waals surface area contributed by atoms with Crippen molar-refractivity contribution >= 4 is 22.6 Å². The molecule has 2 aromatic heterocycles. The number of benzene rings is 1. The van der Waals surface area contributed by atoms with Gasteiger partial charge in [0.1, 0.15) is 11.3 Å². The second kappa shape index (κ2) is 6.56. The van der Waals surface area contributed by atoms with Gasteiger partial charge in [-0.1, -0.05) is 30.3 Å². The molecule has 0 saturated heterocycles. The summed E-state index contributed by atoms with van der Waals surface area (Å²) in [6, 6.07) is 6.56. The molecule has 2 heterocycles. The maximum Gasteiger partial charge on any atom is 0.290 e. The molecule has 0 radical (unpaired) electrons. The summed E-state index contributed by atoms with van der Waals surface area (Å²) in [4.78, 5) is 36.3. The summed E-state index contributed by atoms with van der Waals surface area (Å²) in [6.45, 7) is 3.45. The van der Waals surface area contributed by atoms with E-state index < -0.39 is 17.4 Å². The fraction of sp³-hybridized carbons (Fsp3) is 0.188. The third kappa shape index (κ3) is 2.99. The smallest absolute Gasteiger partial charge is 0.290 e. The van der Waals surface area contributed by atoms with Gasteiger partial charge < -0.3 is 4.52 Å². The Morgan fingerprint density at radius 2 is 1.84 bits per heavy atom. The molecule has 0 unspecified atom stereocenters. The van der Waals surface area contributed by atoms with Gasteiger partial charge >= 0.3 is 0 Å². The number of rotatable bonds is 3. The molecule has 2 amide bonds. The molecule has 1 aromatic carbocycles. The van der Waals surface area contributed by atoms with Crippen LogP contribution in [0.1, 0.15) is 39.2 Å². The average molecular weight is 341 g/mol. The van der Waals surface area contributed by atoms with Crippen LogP contribution in [0.2, 0.25) is 0 Å². The number of nitrogens with one attached hydrogen (secondary N) is 3. The maximum atomic E-state index is 12.3. The molecular formula is C16H15N5O4. The summed E-state index contributed by atoms with van der Waals surface area (Å²) < 4.78 is 4.99. The summed E-state index contributed by atoms with van der Waals surface area (Å²) in [5.41, 5.74) is 4.96. The van der Waals surface area contributed by atoms with Gasteiger partial charge in [-0.05, 0) is 19.4 Å². The fourth-order valence-electron chi connectivity index (χ4n) is 2.47. The van der Waals surface area contributed by atoms with Crippen LogP contribution in [0.5, 0.6) is 0 Å². The number of hydrogen-bond donors (Lipinski definition) is 3. The van der Waals surface area contributed by atoms with Gasteiger partial charge in [-0.2, -0.15) is 5.10 Å². The number of nitrogens with zero attached hydrogens (tertiary/aromatic N) is 2. The van der Waals surface area contributed by atoms with E-state index in [1.807, 2.05) is 6.92 Å². The molecular weight excluding hydrogens is 326 g/mol. The van der Waals surface area contributed by atoms with Crippen LogP contribution in [-0.4, -0.2) is 27.2 Å². The fourth-order valence-corrected chi connectivity index (χ4v) is 2.47. The number of amides is 2. The third-order valence-electron chi connectivity index (χ3n) is 3.70. The van der Waals surface area contributed by atoms with Crippen molar-refractivity contribution in [3.63, 3.8) is 0 Å². The van der Waals surface area contributed by atoms with Crippen molar-refractivity contribution < 1.29 is 14.1 Å². The lowest BCUT2D eigenvalue weighted by Crippen LogP contribution is -2.42. The van der Waals surface area contributed by atoms with E-state index in [4.69, 9.17) is 4.52 Å². The van der Waals surface area contributed by atoms with Gasteiger partial charge in [-0.15, -0.1) is 0 Å². The maximum absolute atomic E-state index is 12.3. The summed E-state index contributed by atoms with van der Waals surface area (Å²) in [5.74, 6) is -0.846. The van der Waals surface area contributed by atoms with Gasteiger partial charge in [0, 0.05) is 5.39 Å². The molecule has 0 saturated carbocycles. The third-order valence-corrected chi connectivity index (χ3v) is 3.70. The van der Waals surface area contributed by atoms with Crippen LogP contribution < -0.4 is 16.4 Å². The average Bonchev–Trinajstić information content (AvgIpc) is 3.00. The van der Waals surface area contributed by atoms with Crippen LogP contribution in [0.3, 0.4) is 0 Å². The Bertz CT molecular complexity index is 1020. The Morgan fingerprint density at radius 1 is 1.16 bits per heavy atom. The number of aromatic nitrogens is 3. The molecule has 128 valence electrons. The first-order chi connectivity index (χ1) is 12.0. The van der Waals surface area contributed by atoms with Crippen molar-refractivity contribution in [2.45, 2.75) is 20.3 Å². The van der Waals surface area contributed by atoms with Crippen molar-refractivity contribution in [2.24, 2.45) is 0 Å². The predicted molar refractivity (Wildman–Crippen MR) is 87.9 cm³/mol. The van der Waals surface area contributed by atoms with E-state index in [9.17, 15) is 14.4 Å². The first-order valence-electron chi connectivity index (χ1n) is 7.56. The summed E-state index contributed by atoms with van der Waals surface area (Å²) in [7, 11) is 0. The van der Waals surface area contributed by atoms with Gasteiger partial charge in [0.05, 0.1) is 11.1 Å². The van der Waals surface area contributed by atoms with Gasteiger partial charge in [0.15, 0.2) is 5.69 Å². The Hall–Kier alpha value is -3.49. The van der Waals surface area contributed by atoms with Gasteiger partial charge in [-0.25, -0.2) is 5.10 Å². The highest BCUT2D eigenvalue weighted by Gasteiger charge is 2.20. The zero-order chi connectivity index (χ0) is 18.0. The van der Waals surface area contributed by atoms with Crippen molar-refractivity contribution in [2.75, 3.05) is 0 Å². The van der Waals surface area contributed by atoms with Crippen molar-refractivity contribution in [1.29, 1.82) is 0 Å². The number of aromatic amines is 1. The molecule has 9 nitrogen and oxygen atoms in total. The van der Waals surface area contributed by atoms with E-state index >= 15 is 0 Å². The lowest BCUT2D eigenvalue weighted by atomic mass is 10.1. The molecule has 3 aromatic rings. The number of hydrogen-bond acceptors (Lipinski definition) is 6. The van der Waals surface area contributed by atoms with Crippen molar-refractivity contribution in [3.05, 3.63) is 57.3 Å². The lowest BCUT2D eigenvalue weighted by molar-refractivity contribution is 0.0843. The van der Waals surface area contributed by atoms with E-state index in [0.717, 1.165) is 0 Å². The van der Waals surface area contributed by atoms with E-state index in [-0.39, 0.29) is 11.3 Å². The minimum Gasteiger partial charge on any atom is -0.361 e. The highest BCUT2D eigenvalue weighted by atomic mass is 16.5. The molecule has 25 heavy (non-hydrogen) atoms. The van der Waals surface area contributed by atoms with Crippen LogP contribution in [0.15, 0.2) is 33.6 Å². The SMILES string of the molecule is CCc1noc(C)c1C(=O)NNC(=O)c1n[nH]c(=O)c2ccccc12. The highest BCUT2D eigenvalue weighted by Crippen LogP contribution is 2.14. The molecule has 3 N–H and O–H groups in total. The molecule has 9 heteroatoms. The molecule has 0 aliphatic rings. The van der Waals surface area contributed by atoms with E-state index in [0.29, 0.717) is 28.6 Å². The van der Waals surface area contributed by atoms with Crippen LogP contribution in [0.4, 0.5) is 0 Å². The summed E-state index contributed by atoms with van der Waals surface area (Å²) in [5, 5.41) is 10.5. The second-order valence-electron chi connectivity index (χ2n) is 5.27. The summed E-state index contributed by atoms with van der Waals surface area (Å²) >= 11 is 0. The Morgan fingerprint density at radius 3 is 2.56 bits per heavy atom. The first-order valence-corrected chi connectivity index (χ1v) is 7.56. The molecule has 0 aliphatic carbocycles. The molecule has 0 aliphatic heterocycles. The molecule has 0 atom stereocenters. The van der Waals surface area contributed by atoms with Gasteiger partial charge in [0.2, 0.25) is 0 Å². The quantitative estimate of drug-likeness (QED) is 0.606. The minimum atomic E-state index is -0.659. The predicted octanol–water partition coefficient (Wildman–Crippen LogP) is 0.857. The second-order valence-corrected chi connectivity index (χ2v) is 5.27. The number of aryl methyl sites for hydroxylation is 2. The summed E-state index contributed by atoms with van der Waals surface area (Å²) in [6.07, 6.45) is 0.514. The highest BCUT2D eigenvalue weighted by molar-refractivity contribution is 6.06. The lowest BCUT2D eigenvalue weighted by Gasteiger charge is -2.08. The van der Waals surface area contributed by atoms with Crippen LogP contribution >= 0.6 is 0 Å². The number of H-pyrrole nitrogens is 1. The normalized spacial score (nSPS) is 10.6. The van der Waals surface area contributed by atoms with Crippen molar-refractivity contribution in [1.82, 2.24) is 26.2 Å². The standard InChI is InChI=1S/C16H15N5O4/c1-3-11-12(8(2)25-21-11)15(23)19-20-16(24)13-9-6-4-5-7-10(9)14(22)18-17-13/h4-7H,3H2,1-2H3,(H,18,22)(H,19,23)(H,20,24). The monoisotopic (exact) mass is 341 g/mol. The van der Waals surface area contributed by atoms with E-state index in [1.54, 1.807) is 31.2 Å². The van der Waals surface area contributed by atoms with Gasteiger partial charge in [0.25, 0.3) is 17.4 Å². The minimum absolute atomic E-state index is 0.00624. The largest absolute Gasteiger partial charge is 0.361 e. The Labute approximate surface area is 141 Å². The Balaban J connectivity index is 1.82. The van der Waals surface area contributed by atoms with Crippen LogP contribution in [0, 0.1) is 6.92 Å². The Kier molecular flexibility index (Phi) is 4.29. The van der Waals surface area contributed by atoms with Crippen LogP contribution in [0.25, 0.3) is 10.8 Å². The number of carbonyl (C=O) groups excluding carboxylic acids is 2. The van der Waals surface area contributed by atoms with Gasteiger partial charge in [-0.3, -0.25) is 25.2 Å². The molecule has 0 spiro atoms. The topological polar surface area (TPSA) is 130 Å². The number of carbonyl (C=O) groups is 2. The number of hydrazine groups is 1. The number of fused-ring (bicyclic) bond motifs is 1. The first kappa shape index (κ1) is 16.4.